The van der Waals surface area contributed by atoms with Crippen LogP contribution in [0.1, 0.15) is 51.9 Å². The van der Waals surface area contributed by atoms with Crippen molar-refractivity contribution >= 4 is 5.91 Å². The molecule has 1 aliphatic carbocycles. The molecule has 0 unspecified atom stereocenters. The van der Waals surface area contributed by atoms with Gasteiger partial charge in [-0.3, -0.25) is 4.79 Å². The van der Waals surface area contributed by atoms with Gasteiger partial charge in [0.1, 0.15) is 11.9 Å². The van der Waals surface area contributed by atoms with Gasteiger partial charge in [0, 0.05) is 50.0 Å². The molecule has 2 atom stereocenters. The highest BCUT2D eigenvalue weighted by Crippen LogP contribution is 2.33. The lowest BCUT2D eigenvalue weighted by Gasteiger charge is -2.40. The van der Waals surface area contributed by atoms with Crippen molar-refractivity contribution in [3.05, 3.63) is 29.6 Å². The van der Waals surface area contributed by atoms with E-state index >= 15 is 0 Å². The summed E-state index contributed by atoms with van der Waals surface area (Å²) in [4.78, 5) is 17.4. The normalized spacial score (nSPS) is 26.9. The third kappa shape index (κ3) is 4.61. The Balaban J connectivity index is 1.25. The summed E-state index contributed by atoms with van der Waals surface area (Å²) in [6, 6.07) is 1.92. The number of likely N-dealkylation sites (tertiary alicyclic amines) is 2. The van der Waals surface area contributed by atoms with Gasteiger partial charge in [-0.25, -0.2) is 13.2 Å². The topological polar surface area (TPSA) is 32.8 Å². The number of benzene rings is 1. The van der Waals surface area contributed by atoms with Crippen molar-refractivity contribution in [1.29, 1.82) is 0 Å². The zero-order valence-electron chi connectivity index (χ0n) is 17.6. The van der Waals surface area contributed by atoms with Gasteiger partial charge in [-0.15, -0.1) is 0 Å². The highest BCUT2D eigenvalue weighted by Gasteiger charge is 2.35. The number of hydrogen-bond acceptors (Lipinski definition) is 3. The minimum absolute atomic E-state index is 0.0717. The predicted octanol–water partition coefficient (Wildman–Crippen LogP) is 4.37. The van der Waals surface area contributed by atoms with Crippen molar-refractivity contribution in [1.82, 2.24) is 9.80 Å². The molecule has 7 heteroatoms. The fraction of sp³-hybridized carbons (Fsp3) is 0.696. The van der Waals surface area contributed by atoms with Gasteiger partial charge in [-0.1, -0.05) is 13.3 Å². The zero-order chi connectivity index (χ0) is 21.3. The molecule has 1 amide bonds. The molecular weight excluding hydrogens is 393 g/mol. The third-order valence-electron chi connectivity index (χ3n) is 7.17. The van der Waals surface area contributed by atoms with Crippen LogP contribution in [0.3, 0.4) is 0 Å². The molecule has 0 radical (unpaired) electrons. The number of amides is 1. The molecule has 0 bridgehead atoms. The number of rotatable bonds is 4. The summed E-state index contributed by atoms with van der Waals surface area (Å²) in [6.07, 6.45) is 6.37. The van der Waals surface area contributed by atoms with Crippen LogP contribution in [-0.2, 0) is 4.79 Å². The summed E-state index contributed by atoms with van der Waals surface area (Å²) < 4.78 is 46.1. The Bertz CT molecular complexity index is 736. The molecule has 3 fully saturated rings. The number of piperidine rings is 2. The Morgan fingerprint density at radius 2 is 1.57 bits per heavy atom. The summed E-state index contributed by atoms with van der Waals surface area (Å²) in [5.74, 6) is -2.54. The van der Waals surface area contributed by atoms with Crippen LogP contribution in [0.2, 0.25) is 0 Å². The van der Waals surface area contributed by atoms with Gasteiger partial charge in [-0.2, -0.15) is 0 Å². The van der Waals surface area contributed by atoms with E-state index in [9.17, 15) is 18.0 Å². The molecule has 0 aromatic heterocycles. The van der Waals surface area contributed by atoms with Crippen molar-refractivity contribution < 1.29 is 22.7 Å². The number of hydrogen-bond donors (Lipinski definition) is 0. The van der Waals surface area contributed by atoms with Gasteiger partial charge in [0.05, 0.1) is 0 Å². The summed E-state index contributed by atoms with van der Waals surface area (Å²) in [5, 5.41) is 0. The van der Waals surface area contributed by atoms with Crippen molar-refractivity contribution in [2.24, 2.45) is 11.8 Å². The summed E-state index contributed by atoms with van der Waals surface area (Å²) in [5.41, 5.74) is 0. The molecule has 1 saturated carbocycles. The summed E-state index contributed by atoms with van der Waals surface area (Å²) in [7, 11) is 0. The van der Waals surface area contributed by atoms with E-state index in [0.717, 1.165) is 31.8 Å². The Morgan fingerprint density at radius 1 is 0.933 bits per heavy atom. The van der Waals surface area contributed by atoms with E-state index in [1.54, 1.807) is 0 Å². The average Bonchev–Trinajstić information content (AvgIpc) is 3.16. The molecular formula is C23H31F3N2O2. The molecule has 2 heterocycles. The Kier molecular flexibility index (Phi) is 6.56. The van der Waals surface area contributed by atoms with Gasteiger partial charge in [0.15, 0.2) is 17.4 Å². The monoisotopic (exact) mass is 424 g/mol. The van der Waals surface area contributed by atoms with Crippen LogP contribution in [-0.4, -0.2) is 54.0 Å². The number of ether oxygens (including phenoxy) is 1. The van der Waals surface area contributed by atoms with Crippen LogP contribution in [0.15, 0.2) is 12.1 Å². The second-order valence-corrected chi connectivity index (χ2v) is 9.13. The van der Waals surface area contributed by atoms with Crippen LogP contribution >= 0.6 is 0 Å². The first kappa shape index (κ1) is 21.5. The molecule has 1 aromatic carbocycles. The maximum atomic E-state index is 13.8. The number of carbonyl (C=O) groups excluding carboxylic acids is 1. The van der Waals surface area contributed by atoms with Crippen LogP contribution in [0, 0.1) is 29.3 Å². The molecule has 0 spiro atoms. The van der Waals surface area contributed by atoms with Crippen LogP contribution in [0.25, 0.3) is 0 Å². The maximum Gasteiger partial charge on any atom is 0.225 e. The minimum atomic E-state index is -1.03. The highest BCUT2D eigenvalue weighted by atomic mass is 19.1. The SMILES string of the molecule is C[C@@H]1CCC[C@@H]1N1CCC(C(=O)N2CCC(Oc3c(F)cc(F)cc3F)CC2)CC1. The fourth-order valence-electron chi connectivity index (χ4n) is 5.41. The second kappa shape index (κ2) is 9.16. The molecule has 2 aliphatic heterocycles. The van der Waals surface area contributed by atoms with Crippen LogP contribution in [0.5, 0.6) is 5.75 Å². The molecule has 2 saturated heterocycles. The van der Waals surface area contributed by atoms with Gasteiger partial charge in [0.2, 0.25) is 5.91 Å². The summed E-state index contributed by atoms with van der Waals surface area (Å²) >= 11 is 0. The van der Waals surface area contributed by atoms with Crippen LogP contribution < -0.4 is 4.74 Å². The molecule has 4 rings (SSSR count). The molecule has 166 valence electrons. The van der Waals surface area contributed by atoms with Gasteiger partial charge in [-0.05, 0) is 44.7 Å². The predicted molar refractivity (Wildman–Crippen MR) is 108 cm³/mol. The van der Waals surface area contributed by atoms with E-state index in [1.807, 2.05) is 4.90 Å². The van der Waals surface area contributed by atoms with E-state index in [2.05, 4.69) is 11.8 Å². The largest absolute Gasteiger partial charge is 0.484 e. The molecule has 3 aliphatic rings. The van der Waals surface area contributed by atoms with E-state index in [4.69, 9.17) is 4.74 Å². The van der Waals surface area contributed by atoms with E-state index in [1.165, 1.54) is 19.3 Å². The Labute approximate surface area is 176 Å². The van der Waals surface area contributed by atoms with Gasteiger partial charge in [0.25, 0.3) is 0 Å². The average molecular weight is 425 g/mol. The van der Waals surface area contributed by atoms with E-state index in [0.29, 0.717) is 44.1 Å². The summed E-state index contributed by atoms with van der Waals surface area (Å²) in [6.45, 7) is 5.37. The highest BCUT2D eigenvalue weighted by molar-refractivity contribution is 5.79. The van der Waals surface area contributed by atoms with Crippen molar-refractivity contribution in [2.45, 2.75) is 64.0 Å². The Morgan fingerprint density at radius 3 is 2.13 bits per heavy atom. The van der Waals surface area contributed by atoms with Gasteiger partial charge < -0.3 is 14.5 Å². The Hall–Kier alpha value is -1.76. The molecule has 4 nitrogen and oxygen atoms in total. The lowest BCUT2D eigenvalue weighted by atomic mass is 9.92. The number of halogens is 3. The molecule has 30 heavy (non-hydrogen) atoms. The maximum absolute atomic E-state index is 13.8. The second-order valence-electron chi connectivity index (χ2n) is 9.13. The quantitative estimate of drug-likeness (QED) is 0.719. The smallest absolute Gasteiger partial charge is 0.225 e. The number of nitrogens with zero attached hydrogens (tertiary/aromatic N) is 2. The number of carbonyl (C=O) groups is 1. The van der Waals surface area contributed by atoms with Crippen LogP contribution in [0.4, 0.5) is 13.2 Å². The third-order valence-corrected chi connectivity index (χ3v) is 7.17. The fourth-order valence-corrected chi connectivity index (χ4v) is 5.41. The minimum Gasteiger partial charge on any atom is -0.484 e. The van der Waals surface area contributed by atoms with Crippen molar-refractivity contribution in [2.75, 3.05) is 26.2 Å². The lowest BCUT2D eigenvalue weighted by Crippen LogP contribution is -2.49. The first-order valence-corrected chi connectivity index (χ1v) is 11.3. The van der Waals surface area contributed by atoms with E-state index < -0.39 is 23.2 Å². The standard InChI is InChI=1S/C23H31F3N2O2/c1-15-3-2-4-21(15)27-9-5-16(6-10-27)23(29)28-11-7-18(8-12-28)30-22-19(25)13-17(24)14-20(22)26/h13-16,18,21H,2-12H2,1H3/t15-,21+/m1/s1. The molecule has 1 aromatic rings. The zero-order valence-corrected chi connectivity index (χ0v) is 17.6. The van der Waals surface area contributed by atoms with E-state index in [-0.39, 0.29) is 17.9 Å². The van der Waals surface area contributed by atoms with Crippen molar-refractivity contribution in [3.63, 3.8) is 0 Å². The van der Waals surface area contributed by atoms with Gasteiger partial charge >= 0.3 is 0 Å². The first-order chi connectivity index (χ1) is 14.4. The van der Waals surface area contributed by atoms with Crippen molar-refractivity contribution in [3.8, 4) is 5.75 Å². The first-order valence-electron chi connectivity index (χ1n) is 11.3. The lowest BCUT2D eigenvalue weighted by molar-refractivity contribution is -0.139. The molecule has 0 N–H and O–H groups in total.